The third kappa shape index (κ3) is 5.05. The van der Waals surface area contributed by atoms with Crippen molar-refractivity contribution in [2.75, 3.05) is 19.6 Å². The minimum Gasteiger partial charge on any atom is -0.354 e. The Labute approximate surface area is 130 Å². The van der Waals surface area contributed by atoms with E-state index in [1.54, 1.807) is 11.3 Å². The van der Waals surface area contributed by atoms with Gasteiger partial charge < -0.3 is 11.1 Å². The second-order valence-electron chi connectivity index (χ2n) is 5.54. The number of thiazole rings is 1. The lowest BCUT2D eigenvalue weighted by atomic mass is 10.0. The average Bonchev–Trinajstić information content (AvgIpc) is 2.94. The van der Waals surface area contributed by atoms with Crippen LogP contribution < -0.4 is 11.1 Å². The molecule has 1 fully saturated rings. The Morgan fingerprint density at radius 3 is 3.14 bits per heavy atom. The van der Waals surface area contributed by atoms with Gasteiger partial charge in [0.15, 0.2) is 0 Å². The van der Waals surface area contributed by atoms with E-state index < -0.39 is 0 Å². The molecular formula is C15H26N4OS. The Hall–Kier alpha value is -0.980. The molecule has 1 aromatic rings. The Balaban J connectivity index is 1.87. The van der Waals surface area contributed by atoms with Crippen molar-refractivity contribution in [2.24, 2.45) is 5.73 Å². The van der Waals surface area contributed by atoms with Crippen molar-refractivity contribution in [1.29, 1.82) is 0 Å². The number of amides is 1. The van der Waals surface area contributed by atoms with E-state index in [1.807, 2.05) is 6.20 Å². The first-order chi connectivity index (χ1) is 10.2. The highest BCUT2D eigenvalue weighted by molar-refractivity contribution is 7.11. The van der Waals surface area contributed by atoms with Gasteiger partial charge in [-0.05, 0) is 25.8 Å². The first-order valence-corrected chi connectivity index (χ1v) is 8.69. The molecular weight excluding hydrogens is 284 g/mol. The number of rotatable bonds is 7. The molecule has 0 bridgehead atoms. The molecule has 0 spiro atoms. The van der Waals surface area contributed by atoms with Gasteiger partial charge in [0.1, 0.15) is 5.01 Å². The first kappa shape index (κ1) is 16.4. The quantitative estimate of drug-likeness (QED) is 0.801. The van der Waals surface area contributed by atoms with Crippen LogP contribution in [-0.2, 0) is 17.8 Å². The number of carbonyl (C=O) groups excluding carboxylic acids is 1. The topological polar surface area (TPSA) is 71.2 Å². The maximum absolute atomic E-state index is 11.6. The highest BCUT2D eigenvalue weighted by Gasteiger charge is 2.23. The largest absolute Gasteiger partial charge is 0.354 e. The molecule has 5 nitrogen and oxygen atoms in total. The summed E-state index contributed by atoms with van der Waals surface area (Å²) in [5.74, 6) is 0.0607. The summed E-state index contributed by atoms with van der Waals surface area (Å²) in [4.78, 5) is 19.9. The second kappa shape index (κ2) is 8.46. The van der Waals surface area contributed by atoms with Crippen LogP contribution >= 0.6 is 11.3 Å². The molecule has 0 aliphatic carbocycles. The van der Waals surface area contributed by atoms with Gasteiger partial charge in [-0.1, -0.05) is 13.3 Å². The summed E-state index contributed by atoms with van der Waals surface area (Å²) >= 11 is 1.80. The monoisotopic (exact) mass is 310 g/mol. The summed E-state index contributed by atoms with van der Waals surface area (Å²) in [6, 6.07) is 0.425. The number of aryl methyl sites for hydroxylation is 1. The lowest BCUT2D eigenvalue weighted by Gasteiger charge is -2.35. The van der Waals surface area contributed by atoms with Crippen LogP contribution in [0.15, 0.2) is 6.20 Å². The molecule has 1 aromatic heterocycles. The van der Waals surface area contributed by atoms with Crippen molar-refractivity contribution >= 4 is 17.2 Å². The van der Waals surface area contributed by atoms with Crippen molar-refractivity contribution in [3.63, 3.8) is 0 Å². The number of carbonyl (C=O) groups is 1. The molecule has 1 aliphatic rings. The molecule has 1 atom stereocenters. The van der Waals surface area contributed by atoms with E-state index in [4.69, 9.17) is 5.73 Å². The molecule has 118 valence electrons. The molecule has 2 heterocycles. The number of hydrogen-bond acceptors (Lipinski definition) is 5. The third-order valence-corrected chi connectivity index (χ3v) is 5.07. The zero-order valence-electron chi connectivity index (χ0n) is 12.8. The van der Waals surface area contributed by atoms with Gasteiger partial charge in [-0.15, -0.1) is 11.3 Å². The zero-order chi connectivity index (χ0) is 15.1. The van der Waals surface area contributed by atoms with Crippen molar-refractivity contribution in [3.8, 4) is 0 Å². The molecule has 0 saturated carbocycles. The number of hydrogen-bond donors (Lipinski definition) is 2. The van der Waals surface area contributed by atoms with Gasteiger partial charge in [0.05, 0.1) is 6.54 Å². The Bertz CT molecular complexity index is 449. The van der Waals surface area contributed by atoms with Crippen molar-refractivity contribution in [2.45, 2.75) is 51.6 Å². The predicted octanol–water partition coefficient (Wildman–Crippen LogP) is 1.53. The molecule has 6 heteroatoms. The van der Waals surface area contributed by atoms with E-state index in [9.17, 15) is 4.79 Å². The summed E-state index contributed by atoms with van der Waals surface area (Å²) in [6.45, 7) is 5.30. The highest BCUT2D eigenvalue weighted by Crippen LogP contribution is 2.22. The predicted molar refractivity (Wildman–Crippen MR) is 86.2 cm³/mol. The molecule has 1 aliphatic heterocycles. The summed E-state index contributed by atoms with van der Waals surface area (Å²) in [7, 11) is 0. The number of nitrogens with two attached hydrogens (primary N) is 1. The summed E-state index contributed by atoms with van der Waals surface area (Å²) in [6.07, 6.45) is 7.08. The van der Waals surface area contributed by atoms with Crippen LogP contribution in [-0.4, -0.2) is 41.5 Å². The lowest BCUT2D eigenvalue weighted by Crippen LogP contribution is -2.46. The van der Waals surface area contributed by atoms with Gasteiger partial charge in [-0.2, -0.15) is 0 Å². The van der Waals surface area contributed by atoms with Crippen LogP contribution in [0.2, 0.25) is 0 Å². The van der Waals surface area contributed by atoms with Gasteiger partial charge >= 0.3 is 0 Å². The normalized spacial score (nSPS) is 19.6. The standard InChI is InChI=1S/C15H26N4OS/c1-2-13-10-18-15(21-13)11-19-8-4-3-5-12(19)9-17-14(20)6-7-16/h10,12H,2-9,11,16H2,1H3,(H,17,20). The van der Waals surface area contributed by atoms with Crippen LogP contribution in [0.3, 0.4) is 0 Å². The summed E-state index contributed by atoms with van der Waals surface area (Å²) in [5, 5.41) is 4.19. The second-order valence-corrected chi connectivity index (χ2v) is 6.74. The maximum atomic E-state index is 11.6. The molecule has 0 radical (unpaired) electrons. The SMILES string of the molecule is CCc1cnc(CN2CCCCC2CNC(=O)CCN)s1. The molecule has 1 amide bonds. The molecule has 0 aromatic carbocycles. The van der Waals surface area contributed by atoms with Crippen LogP contribution in [0.25, 0.3) is 0 Å². The van der Waals surface area contributed by atoms with Crippen LogP contribution in [0, 0.1) is 0 Å². The van der Waals surface area contributed by atoms with E-state index in [-0.39, 0.29) is 5.91 Å². The van der Waals surface area contributed by atoms with Crippen LogP contribution in [0.1, 0.15) is 42.5 Å². The number of piperidine rings is 1. The molecule has 3 N–H and O–H groups in total. The fraction of sp³-hybridized carbons (Fsp3) is 0.733. The van der Waals surface area contributed by atoms with Gasteiger partial charge in [0.2, 0.25) is 5.91 Å². The Morgan fingerprint density at radius 1 is 1.57 bits per heavy atom. The molecule has 1 unspecified atom stereocenters. The van der Waals surface area contributed by atoms with E-state index in [2.05, 4.69) is 22.1 Å². The van der Waals surface area contributed by atoms with E-state index in [0.29, 0.717) is 19.0 Å². The summed E-state index contributed by atoms with van der Waals surface area (Å²) in [5.41, 5.74) is 5.40. The van der Waals surface area contributed by atoms with E-state index in [0.717, 1.165) is 32.5 Å². The zero-order valence-corrected chi connectivity index (χ0v) is 13.6. The minimum absolute atomic E-state index is 0.0607. The van der Waals surface area contributed by atoms with Gasteiger partial charge in [0, 0.05) is 36.6 Å². The van der Waals surface area contributed by atoms with Gasteiger partial charge in [-0.3, -0.25) is 9.69 Å². The summed E-state index contributed by atoms with van der Waals surface area (Å²) < 4.78 is 0. The van der Waals surface area contributed by atoms with Crippen LogP contribution in [0.5, 0.6) is 0 Å². The molecule has 2 rings (SSSR count). The van der Waals surface area contributed by atoms with Crippen molar-refractivity contribution < 1.29 is 4.79 Å². The third-order valence-electron chi connectivity index (χ3n) is 3.94. The number of nitrogens with one attached hydrogen (secondary N) is 1. The fourth-order valence-electron chi connectivity index (χ4n) is 2.71. The van der Waals surface area contributed by atoms with E-state index in [1.165, 1.54) is 22.7 Å². The van der Waals surface area contributed by atoms with Gasteiger partial charge in [0.25, 0.3) is 0 Å². The lowest BCUT2D eigenvalue weighted by molar-refractivity contribution is -0.121. The number of nitrogens with zero attached hydrogens (tertiary/aromatic N) is 2. The van der Waals surface area contributed by atoms with Crippen LogP contribution in [0.4, 0.5) is 0 Å². The van der Waals surface area contributed by atoms with Crippen molar-refractivity contribution in [1.82, 2.24) is 15.2 Å². The maximum Gasteiger partial charge on any atom is 0.221 e. The highest BCUT2D eigenvalue weighted by atomic mass is 32.1. The smallest absolute Gasteiger partial charge is 0.221 e. The van der Waals surface area contributed by atoms with Gasteiger partial charge in [-0.25, -0.2) is 4.98 Å². The number of likely N-dealkylation sites (tertiary alicyclic amines) is 1. The van der Waals surface area contributed by atoms with Crippen molar-refractivity contribution in [3.05, 3.63) is 16.1 Å². The average molecular weight is 310 g/mol. The Kier molecular flexibility index (Phi) is 6.60. The minimum atomic E-state index is 0.0607. The first-order valence-electron chi connectivity index (χ1n) is 7.87. The molecule has 21 heavy (non-hydrogen) atoms. The number of aromatic nitrogens is 1. The fourth-order valence-corrected chi connectivity index (χ4v) is 3.60. The Morgan fingerprint density at radius 2 is 2.43 bits per heavy atom. The van der Waals surface area contributed by atoms with E-state index >= 15 is 0 Å². The molecule has 1 saturated heterocycles.